The predicted octanol–water partition coefficient (Wildman–Crippen LogP) is 4.45. The zero-order chi connectivity index (χ0) is 17.1. The molecule has 1 unspecified atom stereocenters. The van der Waals surface area contributed by atoms with Gasteiger partial charge in [0, 0.05) is 28.2 Å². The molecule has 24 heavy (non-hydrogen) atoms. The van der Waals surface area contributed by atoms with E-state index in [1.807, 2.05) is 13.0 Å². The van der Waals surface area contributed by atoms with Crippen LogP contribution in [0.3, 0.4) is 0 Å². The SMILES string of the molecule is C[C@H]1CC(c2cccc(Cl)c2F)[C@@]2(N1)C(=O)Nc1cc(Cl)ccc12. The molecule has 1 fully saturated rings. The Morgan fingerprint density at radius 2 is 2.04 bits per heavy atom. The first-order valence-electron chi connectivity index (χ1n) is 7.76. The molecule has 2 aromatic rings. The molecule has 2 heterocycles. The summed E-state index contributed by atoms with van der Waals surface area (Å²) in [6, 6.07) is 10.3. The van der Waals surface area contributed by atoms with Gasteiger partial charge in [-0.2, -0.15) is 0 Å². The Kier molecular flexibility index (Phi) is 3.60. The molecule has 1 amide bonds. The first-order valence-corrected chi connectivity index (χ1v) is 8.52. The van der Waals surface area contributed by atoms with Gasteiger partial charge in [-0.3, -0.25) is 10.1 Å². The van der Waals surface area contributed by atoms with Gasteiger partial charge in [-0.15, -0.1) is 0 Å². The molecular weight excluding hydrogens is 350 g/mol. The van der Waals surface area contributed by atoms with Crippen LogP contribution in [-0.4, -0.2) is 11.9 Å². The maximum absolute atomic E-state index is 14.7. The number of fused-ring (bicyclic) bond motifs is 2. The Morgan fingerprint density at radius 3 is 2.83 bits per heavy atom. The molecular formula is C18H15Cl2FN2O. The van der Waals surface area contributed by atoms with Gasteiger partial charge in [0.25, 0.3) is 0 Å². The first kappa shape index (κ1) is 15.9. The van der Waals surface area contributed by atoms with E-state index in [1.165, 1.54) is 6.07 Å². The topological polar surface area (TPSA) is 41.1 Å². The lowest BCUT2D eigenvalue weighted by atomic mass is 9.76. The van der Waals surface area contributed by atoms with Crippen molar-refractivity contribution < 1.29 is 9.18 Å². The highest BCUT2D eigenvalue weighted by atomic mass is 35.5. The monoisotopic (exact) mass is 364 g/mol. The molecule has 0 aliphatic carbocycles. The number of rotatable bonds is 1. The molecule has 0 saturated carbocycles. The lowest BCUT2D eigenvalue weighted by Crippen LogP contribution is -2.48. The third-order valence-corrected chi connectivity index (χ3v) is 5.48. The number of amides is 1. The molecule has 0 radical (unpaired) electrons. The lowest BCUT2D eigenvalue weighted by Gasteiger charge is -2.30. The van der Waals surface area contributed by atoms with Gasteiger partial charge in [-0.25, -0.2) is 4.39 Å². The molecule has 6 heteroatoms. The van der Waals surface area contributed by atoms with Crippen LogP contribution in [0.4, 0.5) is 10.1 Å². The number of carbonyl (C=O) groups excluding carboxylic acids is 1. The number of hydrogen-bond acceptors (Lipinski definition) is 2. The molecule has 1 spiro atoms. The molecule has 2 aliphatic rings. The summed E-state index contributed by atoms with van der Waals surface area (Å²) < 4.78 is 14.7. The zero-order valence-electron chi connectivity index (χ0n) is 12.9. The van der Waals surface area contributed by atoms with Gasteiger partial charge in [0.1, 0.15) is 11.4 Å². The van der Waals surface area contributed by atoms with Gasteiger partial charge >= 0.3 is 0 Å². The summed E-state index contributed by atoms with van der Waals surface area (Å²) in [4.78, 5) is 12.9. The van der Waals surface area contributed by atoms with Crippen LogP contribution in [0.5, 0.6) is 0 Å². The number of anilines is 1. The lowest BCUT2D eigenvalue weighted by molar-refractivity contribution is -0.122. The molecule has 1 saturated heterocycles. The van der Waals surface area contributed by atoms with E-state index in [1.54, 1.807) is 24.3 Å². The fraction of sp³-hybridized carbons (Fsp3) is 0.278. The highest BCUT2D eigenvalue weighted by Gasteiger charge is 2.57. The summed E-state index contributed by atoms with van der Waals surface area (Å²) >= 11 is 12.0. The van der Waals surface area contributed by atoms with E-state index in [4.69, 9.17) is 23.2 Å². The normalized spacial score (nSPS) is 28.2. The first-order chi connectivity index (χ1) is 11.4. The van der Waals surface area contributed by atoms with Crippen molar-refractivity contribution in [3.63, 3.8) is 0 Å². The number of nitrogens with one attached hydrogen (secondary N) is 2. The second-order valence-electron chi connectivity index (χ2n) is 6.43. The van der Waals surface area contributed by atoms with E-state index in [9.17, 15) is 9.18 Å². The summed E-state index contributed by atoms with van der Waals surface area (Å²) in [7, 11) is 0. The number of hydrogen-bond donors (Lipinski definition) is 2. The van der Waals surface area contributed by atoms with Crippen LogP contribution in [0.15, 0.2) is 36.4 Å². The van der Waals surface area contributed by atoms with Gasteiger partial charge in [-0.1, -0.05) is 41.4 Å². The van der Waals surface area contributed by atoms with Crippen LogP contribution >= 0.6 is 23.2 Å². The predicted molar refractivity (Wildman–Crippen MR) is 93.1 cm³/mol. The number of benzene rings is 2. The average molecular weight is 365 g/mol. The Balaban J connectivity index is 1.93. The molecule has 3 atom stereocenters. The van der Waals surface area contributed by atoms with E-state index in [-0.39, 0.29) is 22.9 Å². The molecule has 2 N–H and O–H groups in total. The van der Waals surface area contributed by atoms with Crippen LogP contribution in [0.1, 0.15) is 30.4 Å². The summed E-state index contributed by atoms with van der Waals surface area (Å²) in [5.41, 5.74) is 0.912. The second-order valence-corrected chi connectivity index (χ2v) is 7.27. The minimum atomic E-state index is -1.01. The third-order valence-electron chi connectivity index (χ3n) is 4.96. The van der Waals surface area contributed by atoms with Crippen LogP contribution in [0.2, 0.25) is 10.0 Å². The Hall–Kier alpha value is -1.62. The van der Waals surface area contributed by atoms with Crippen molar-refractivity contribution in [2.24, 2.45) is 0 Å². The Bertz CT molecular complexity index is 857. The third kappa shape index (κ3) is 2.10. The summed E-state index contributed by atoms with van der Waals surface area (Å²) in [6.07, 6.45) is 0.632. The highest BCUT2D eigenvalue weighted by molar-refractivity contribution is 6.31. The maximum Gasteiger partial charge on any atom is 0.250 e. The van der Waals surface area contributed by atoms with E-state index >= 15 is 0 Å². The van der Waals surface area contributed by atoms with Crippen molar-refractivity contribution in [3.05, 3.63) is 63.4 Å². The molecule has 2 aromatic carbocycles. The largest absolute Gasteiger partial charge is 0.324 e. The maximum atomic E-state index is 14.7. The number of carbonyl (C=O) groups is 1. The second kappa shape index (κ2) is 5.45. The van der Waals surface area contributed by atoms with Crippen LogP contribution in [-0.2, 0) is 10.3 Å². The van der Waals surface area contributed by atoms with E-state index in [0.29, 0.717) is 22.7 Å². The smallest absolute Gasteiger partial charge is 0.250 e. The minimum Gasteiger partial charge on any atom is -0.324 e. The molecule has 0 aromatic heterocycles. The van der Waals surface area contributed by atoms with Gasteiger partial charge < -0.3 is 5.32 Å². The fourth-order valence-electron chi connectivity index (χ4n) is 4.02. The van der Waals surface area contributed by atoms with Crippen molar-refractivity contribution in [1.82, 2.24) is 5.32 Å². The summed E-state index contributed by atoms with van der Waals surface area (Å²) in [6.45, 7) is 1.99. The van der Waals surface area contributed by atoms with Crippen LogP contribution in [0.25, 0.3) is 0 Å². The van der Waals surface area contributed by atoms with Crippen molar-refractivity contribution in [2.45, 2.75) is 30.8 Å². The van der Waals surface area contributed by atoms with E-state index in [2.05, 4.69) is 10.6 Å². The molecule has 124 valence electrons. The van der Waals surface area contributed by atoms with Gasteiger partial charge in [-0.05, 0) is 37.1 Å². The van der Waals surface area contributed by atoms with Gasteiger partial charge in [0.05, 0.1) is 5.02 Å². The van der Waals surface area contributed by atoms with Crippen molar-refractivity contribution in [1.29, 1.82) is 0 Å². The average Bonchev–Trinajstić information content (AvgIpc) is 3.01. The van der Waals surface area contributed by atoms with Gasteiger partial charge in [0.15, 0.2) is 0 Å². The van der Waals surface area contributed by atoms with Gasteiger partial charge in [0.2, 0.25) is 5.91 Å². The van der Waals surface area contributed by atoms with Crippen LogP contribution in [0, 0.1) is 5.82 Å². The Labute approximate surface area is 149 Å². The van der Waals surface area contributed by atoms with E-state index in [0.717, 1.165) is 5.56 Å². The van der Waals surface area contributed by atoms with Crippen LogP contribution < -0.4 is 10.6 Å². The summed E-state index contributed by atoms with van der Waals surface area (Å²) in [5, 5.41) is 6.88. The van der Waals surface area contributed by atoms with Crippen molar-refractivity contribution in [3.8, 4) is 0 Å². The van der Waals surface area contributed by atoms with Crippen molar-refractivity contribution >= 4 is 34.8 Å². The minimum absolute atomic E-state index is 0.0563. The fourth-order valence-corrected chi connectivity index (χ4v) is 4.38. The molecule has 2 aliphatic heterocycles. The molecule has 4 rings (SSSR count). The quantitative estimate of drug-likeness (QED) is 0.784. The number of halogens is 3. The highest BCUT2D eigenvalue weighted by Crippen LogP contribution is 2.52. The Morgan fingerprint density at radius 1 is 1.25 bits per heavy atom. The molecule has 0 bridgehead atoms. The summed E-state index contributed by atoms with van der Waals surface area (Å²) in [5.74, 6) is -1.00. The molecule has 3 nitrogen and oxygen atoms in total. The van der Waals surface area contributed by atoms with Crippen molar-refractivity contribution in [2.75, 3.05) is 5.32 Å². The zero-order valence-corrected chi connectivity index (χ0v) is 14.4. The van der Waals surface area contributed by atoms with E-state index < -0.39 is 11.4 Å². The standard InChI is InChI=1S/C18H15Cl2FN2O/c1-9-7-13(11-3-2-4-14(20)16(11)21)18(23-9)12-6-5-10(19)8-15(12)22-17(18)24/h2-6,8-9,13,23H,7H2,1H3,(H,22,24)/t9-,13?,18+/m0/s1.